The molecule has 3 aromatic rings. The van der Waals surface area contributed by atoms with Crippen LogP contribution in [0.4, 0.5) is 10.8 Å². The fourth-order valence-electron chi connectivity index (χ4n) is 2.29. The number of aromatic nitrogens is 2. The van der Waals surface area contributed by atoms with Gasteiger partial charge in [0.1, 0.15) is 11.3 Å². The number of benzene rings is 1. The summed E-state index contributed by atoms with van der Waals surface area (Å²) in [6.45, 7) is 3.17. The van der Waals surface area contributed by atoms with Crippen LogP contribution in [0.25, 0.3) is 10.6 Å². The number of carboxylic acid groups (broad SMARTS) is 1. The lowest BCUT2D eigenvalue weighted by atomic mass is 10.2. The number of carbonyl (C=O) groups is 3. The number of nitrogens with one attached hydrogen (secondary N) is 2. The first-order valence-corrected chi connectivity index (χ1v) is 9.52. The summed E-state index contributed by atoms with van der Waals surface area (Å²) in [7, 11) is 0. The topological polar surface area (TPSA) is 142 Å². The fourth-order valence-corrected chi connectivity index (χ4v) is 4.04. The third-order valence-corrected chi connectivity index (χ3v) is 5.43. The van der Waals surface area contributed by atoms with E-state index in [9.17, 15) is 19.5 Å². The quantitative estimate of drug-likeness (QED) is 0.466. The lowest BCUT2D eigenvalue weighted by Gasteiger charge is -2.05. The van der Waals surface area contributed by atoms with Crippen LogP contribution >= 0.6 is 22.7 Å². The third-order valence-electron chi connectivity index (χ3n) is 3.50. The van der Waals surface area contributed by atoms with Crippen LogP contribution in [0.3, 0.4) is 0 Å². The van der Waals surface area contributed by atoms with Gasteiger partial charge in [0, 0.05) is 18.0 Å². The van der Waals surface area contributed by atoms with Crippen molar-refractivity contribution in [2.75, 3.05) is 10.6 Å². The van der Waals surface area contributed by atoms with Gasteiger partial charge in [0.15, 0.2) is 10.1 Å². The minimum absolute atomic E-state index is 0.175. The molecule has 11 heteroatoms. The number of anilines is 2. The van der Waals surface area contributed by atoms with Gasteiger partial charge in [-0.25, -0.2) is 14.8 Å². The van der Waals surface area contributed by atoms with Crippen molar-refractivity contribution in [2.45, 2.75) is 13.8 Å². The molecule has 2 aromatic heterocycles. The first-order valence-electron chi connectivity index (χ1n) is 7.83. The number of carboxylic acids is 1. The first-order chi connectivity index (χ1) is 13.2. The molecule has 4 N–H and O–H groups in total. The molecule has 0 radical (unpaired) electrons. The van der Waals surface area contributed by atoms with Crippen LogP contribution in [0, 0.1) is 6.92 Å². The molecule has 0 aliphatic rings. The van der Waals surface area contributed by atoms with Crippen molar-refractivity contribution < 1.29 is 24.6 Å². The van der Waals surface area contributed by atoms with Crippen LogP contribution in [-0.2, 0) is 4.79 Å². The smallest absolute Gasteiger partial charge is 0.339 e. The molecule has 0 atom stereocenters. The molecule has 0 bridgehead atoms. The van der Waals surface area contributed by atoms with Gasteiger partial charge in [0.2, 0.25) is 5.91 Å². The molecule has 28 heavy (non-hydrogen) atoms. The fraction of sp³-hybridized carbons (Fsp3) is 0.118. The maximum absolute atomic E-state index is 12.4. The molecule has 2 amide bonds. The predicted octanol–water partition coefficient (Wildman–Crippen LogP) is 3.19. The highest BCUT2D eigenvalue weighted by molar-refractivity contribution is 7.19. The largest absolute Gasteiger partial charge is 0.507 e. The summed E-state index contributed by atoms with van der Waals surface area (Å²) < 4.78 is 0. The van der Waals surface area contributed by atoms with Gasteiger partial charge in [-0.05, 0) is 25.1 Å². The van der Waals surface area contributed by atoms with Gasteiger partial charge in [-0.2, -0.15) is 0 Å². The Bertz CT molecular complexity index is 1090. The van der Waals surface area contributed by atoms with E-state index in [1.165, 1.54) is 30.4 Å². The Kier molecular flexibility index (Phi) is 5.38. The van der Waals surface area contributed by atoms with Crippen molar-refractivity contribution >= 4 is 51.3 Å². The summed E-state index contributed by atoms with van der Waals surface area (Å²) in [4.78, 5) is 43.9. The number of hydrogen-bond acceptors (Lipinski definition) is 8. The number of aromatic hydroxyl groups is 1. The van der Waals surface area contributed by atoms with Gasteiger partial charge in [0.25, 0.3) is 5.91 Å². The van der Waals surface area contributed by atoms with Crippen molar-refractivity contribution in [2.24, 2.45) is 0 Å². The Balaban J connectivity index is 1.80. The number of aromatic carboxylic acids is 1. The maximum Gasteiger partial charge on any atom is 0.339 e. The van der Waals surface area contributed by atoms with E-state index in [1.807, 2.05) is 0 Å². The molecule has 0 aliphatic carbocycles. The molecule has 9 nitrogen and oxygen atoms in total. The van der Waals surface area contributed by atoms with Gasteiger partial charge < -0.3 is 20.8 Å². The molecule has 0 unspecified atom stereocenters. The molecule has 0 aliphatic heterocycles. The molecule has 0 spiro atoms. The Morgan fingerprint density at radius 2 is 1.89 bits per heavy atom. The second-order valence-electron chi connectivity index (χ2n) is 5.64. The van der Waals surface area contributed by atoms with E-state index in [0.29, 0.717) is 16.5 Å². The van der Waals surface area contributed by atoms with E-state index in [-0.39, 0.29) is 22.2 Å². The normalized spacial score (nSPS) is 10.5. The van der Waals surface area contributed by atoms with E-state index in [2.05, 4.69) is 20.6 Å². The zero-order chi connectivity index (χ0) is 20.4. The maximum atomic E-state index is 12.4. The molecular weight excluding hydrogens is 404 g/mol. The Morgan fingerprint density at radius 1 is 1.14 bits per heavy atom. The second-order valence-corrected chi connectivity index (χ2v) is 7.50. The average molecular weight is 418 g/mol. The molecule has 1 aromatic carbocycles. The molecule has 2 heterocycles. The monoisotopic (exact) mass is 418 g/mol. The Hall–Kier alpha value is -3.31. The van der Waals surface area contributed by atoms with Gasteiger partial charge >= 0.3 is 5.97 Å². The van der Waals surface area contributed by atoms with Crippen LogP contribution in [0.2, 0.25) is 0 Å². The number of phenols is 1. The van der Waals surface area contributed by atoms with Crippen LogP contribution in [0.15, 0.2) is 23.6 Å². The van der Waals surface area contributed by atoms with Gasteiger partial charge in [-0.1, -0.05) is 11.3 Å². The van der Waals surface area contributed by atoms with Crippen LogP contribution in [0.1, 0.15) is 32.8 Å². The van der Waals surface area contributed by atoms with Gasteiger partial charge in [-0.3, -0.25) is 9.59 Å². The number of nitrogens with zero attached hydrogens (tertiary/aromatic N) is 2. The molecule has 0 fully saturated rings. The molecule has 3 rings (SSSR count). The van der Waals surface area contributed by atoms with Crippen molar-refractivity contribution in [3.63, 3.8) is 0 Å². The van der Waals surface area contributed by atoms with E-state index >= 15 is 0 Å². The summed E-state index contributed by atoms with van der Waals surface area (Å²) in [6, 6.07) is 3.74. The Labute approximate surface area is 166 Å². The summed E-state index contributed by atoms with van der Waals surface area (Å²) in [6.07, 6.45) is 0. The van der Waals surface area contributed by atoms with E-state index in [0.717, 1.165) is 22.3 Å². The zero-order valence-electron chi connectivity index (χ0n) is 14.6. The second kappa shape index (κ2) is 7.74. The van der Waals surface area contributed by atoms with Crippen LogP contribution in [-0.4, -0.2) is 38.0 Å². The number of amides is 2. The summed E-state index contributed by atoms with van der Waals surface area (Å²) in [5.41, 5.74) is 1.14. The summed E-state index contributed by atoms with van der Waals surface area (Å²) in [5, 5.41) is 26.1. The third kappa shape index (κ3) is 4.15. The van der Waals surface area contributed by atoms with E-state index in [4.69, 9.17) is 5.11 Å². The Morgan fingerprint density at radius 3 is 2.57 bits per heavy atom. The van der Waals surface area contributed by atoms with Crippen LogP contribution < -0.4 is 10.6 Å². The molecule has 0 saturated carbocycles. The first kappa shape index (κ1) is 19.5. The highest BCUT2D eigenvalue weighted by Crippen LogP contribution is 2.33. The number of rotatable bonds is 5. The molecule has 144 valence electrons. The minimum Gasteiger partial charge on any atom is -0.507 e. The number of thiazole rings is 2. The standard InChI is InChI=1S/C17H14N4O5S2/c1-7-13(28-17(18-7)19-8(2)22)11-6-27-15(21-11)14(24)20-9-3-4-12(23)10(5-9)16(25)26/h3-6,23H,1-2H3,(H,20,24)(H,25,26)(H,18,19,22). The zero-order valence-corrected chi connectivity index (χ0v) is 16.3. The van der Waals surface area contributed by atoms with Gasteiger partial charge in [-0.15, -0.1) is 11.3 Å². The highest BCUT2D eigenvalue weighted by Gasteiger charge is 2.18. The van der Waals surface area contributed by atoms with Crippen molar-refractivity contribution in [3.05, 3.63) is 39.8 Å². The van der Waals surface area contributed by atoms with E-state index in [1.54, 1.807) is 12.3 Å². The van der Waals surface area contributed by atoms with Crippen molar-refractivity contribution in [1.29, 1.82) is 0 Å². The number of aryl methyl sites for hydroxylation is 1. The van der Waals surface area contributed by atoms with E-state index < -0.39 is 17.6 Å². The van der Waals surface area contributed by atoms with Gasteiger partial charge in [0.05, 0.1) is 16.3 Å². The predicted molar refractivity (Wildman–Crippen MR) is 105 cm³/mol. The molecule has 0 saturated heterocycles. The van der Waals surface area contributed by atoms with Crippen LogP contribution in [0.5, 0.6) is 5.75 Å². The summed E-state index contributed by atoms with van der Waals surface area (Å²) in [5.74, 6) is -2.44. The lowest BCUT2D eigenvalue weighted by molar-refractivity contribution is -0.114. The lowest BCUT2D eigenvalue weighted by Crippen LogP contribution is -2.12. The summed E-state index contributed by atoms with van der Waals surface area (Å²) >= 11 is 2.37. The van der Waals surface area contributed by atoms with Crippen molar-refractivity contribution in [3.8, 4) is 16.3 Å². The highest BCUT2D eigenvalue weighted by atomic mass is 32.1. The SMILES string of the molecule is CC(=O)Nc1nc(C)c(-c2csc(C(=O)Nc3ccc(O)c(C(=O)O)c3)n2)s1. The molecular formula is C17H14N4O5S2. The minimum atomic E-state index is -1.30. The average Bonchev–Trinajstić information content (AvgIpc) is 3.22. The number of hydrogen-bond donors (Lipinski definition) is 4. The van der Waals surface area contributed by atoms with Crippen molar-refractivity contribution in [1.82, 2.24) is 9.97 Å². The number of carbonyl (C=O) groups excluding carboxylic acids is 2.